The minimum absolute atomic E-state index is 0.610. The fraction of sp³-hybridized carbons (Fsp3) is 0.125. The molecule has 0 atom stereocenters. The summed E-state index contributed by atoms with van der Waals surface area (Å²) in [7, 11) is 1.65. The van der Waals surface area contributed by atoms with Crippen molar-refractivity contribution in [1.82, 2.24) is 14.6 Å². The predicted molar refractivity (Wildman–Crippen MR) is 76.6 cm³/mol. The molecule has 0 amide bonds. The van der Waals surface area contributed by atoms with E-state index in [1.54, 1.807) is 17.8 Å². The second-order valence-electron chi connectivity index (χ2n) is 4.26. The summed E-state index contributed by atoms with van der Waals surface area (Å²) in [5.74, 6) is 7.06. The second kappa shape index (κ2) is 5.45. The number of aromatic nitrogens is 3. The van der Waals surface area contributed by atoms with Crippen LogP contribution in [-0.4, -0.2) is 21.7 Å². The molecule has 0 spiro atoms. The number of rotatable bonds is 2. The van der Waals surface area contributed by atoms with Crippen molar-refractivity contribution in [2.45, 2.75) is 6.42 Å². The molecular weight excluding hydrogens is 250 g/mol. The van der Waals surface area contributed by atoms with Gasteiger partial charge in [0.1, 0.15) is 5.75 Å². The molecule has 0 aliphatic carbocycles. The zero-order valence-corrected chi connectivity index (χ0v) is 11.1. The monoisotopic (exact) mass is 263 g/mol. The SMILES string of the molecule is COc1cccc(C#CCc2ccn3nccc3n2)c1. The highest BCUT2D eigenvalue weighted by atomic mass is 16.5. The van der Waals surface area contributed by atoms with Gasteiger partial charge in [-0.1, -0.05) is 17.9 Å². The third-order valence-electron chi connectivity index (χ3n) is 2.89. The molecule has 3 rings (SSSR count). The van der Waals surface area contributed by atoms with E-state index < -0.39 is 0 Å². The van der Waals surface area contributed by atoms with Crippen LogP contribution < -0.4 is 4.74 Å². The van der Waals surface area contributed by atoms with Crippen LogP contribution in [0.5, 0.6) is 5.75 Å². The van der Waals surface area contributed by atoms with Crippen LogP contribution in [0.3, 0.4) is 0 Å². The topological polar surface area (TPSA) is 39.4 Å². The van der Waals surface area contributed by atoms with Gasteiger partial charge in [-0.25, -0.2) is 9.50 Å². The molecule has 0 aliphatic heterocycles. The van der Waals surface area contributed by atoms with Crippen LogP contribution in [0.4, 0.5) is 0 Å². The first kappa shape index (κ1) is 12.2. The van der Waals surface area contributed by atoms with Crippen molar-refractivity contribution >= 4 is 5.65 Å². The molecule has 2 aromatic heterocycles. The summed E-state index contributed by atoms with van der Waals surface area (Å²) in [5.41, 5.74) is 2.72. The highest BCUT2D eigenvalue weighted by Crippen LogP contribution is 2.11. The van der Waals surface area contributed by atoms with Gasteiger partial charge in [0, 0.05) is 17.8 Å². The molecule has 3 aromatic rings. The average Bonchev–Trinajstić information content (AvgIpc) is 2.95. The van der Waals surface area contributed by atoms with E-state index in [0.717, 1.165) is 22.7 Å². The standard InChI is InChI=1S/C16H13N3O/c1-20-15-7-3-5-13(12-15)4-2-6-14-9-11-19-16(18-14)8-10-17-19/h3,5,7-12H,6H2,1H3. The molecule has 0 bridgehead atoms. The van der Waals surface area contributed by atoms with E-state index in [4.69, 9.17) is 4.74 Å². The predicted octanol–water partition coefficient (Wildman–Crippen LogP) is 2.33. The highest BCUT2D eigenvalue weighted by Gasteiger charge is 1.97. The van der Waals surface area contributed by atoms with E-state index in [-0.39, 0.29) is 0 Å². The largest absolute Gasteiger partial charge is 0.497 e. The molecule has 0 aliphatic rings. The Balaban J connectivity index is 1.77. The number of benzene rings is 1. The fourth-order valence-corrected chi connectivity index (χ4v) is 1.89. The summed E-state index contributed by atoms with van der Waals surface area (Å²) in [6.07, 6.45) is 4.23. The van der Waals surface area contributed by atoms with Crippen LogP contribution in [0.25, 0.3) is 5.65 Å². The van der Waals surface area contributed by atoms with Crippen molar-refractivity contribution in [1.29, 1.82) is 0 Å². The Morgan fingerprint density at radius 3 is 3.10 bits per heavy atom. The van der Waals surface area contributed by atoms with Gasteiger partial charge >= 0.3 is 0 Å². The quantitative estimate of drug-likeness (QED) is 0.666. The van der Waals surface area contributed by atoms with E-state index in [0.29, 0.717) is 6.42 Å². The molecule has 0 radical (unpaired) electrons. The molecule has 2 heterocycles. The Morgan fingerprint density at radius 2 is 2.20 bits per heavy atom. The minimum Gasteiger partial charge on any atom is -0.497 e. The van der Waals surface area contributed by atoms with E-state index in [1.807, 2.05) is 42.6 Å². The third-order valence-corrected chi connectivity index (χ3v) is 2.89. The van der Waals surface area contributed by atoms with Crippen LogP contribution in [0.1, 0.15) is 11.3 Å². The van der Waals surface area contributed by atoms with Gasteiger partial charge in [0.25, 0.3) is 0 Å². The molecule has 4 heteroatoms. The van der Waals surface area contributed by atoms with Gasteiger partial charge in [-0.15, -0.1) is 0 Å². The van der Waals surface area contributed by atoms with Gasteiger partial charge in [-0.2, -0.15) is 5.10 Å². The lowest BCUT2D eigenvalue weighted by molar-refractivity contribution is 0.414. The minimum atomic E-state index is 0.610. The lowest BCUT2D eigenvalue weighted by Crippen LogP contribution is -1.94. The molecular formula is C16H13N3O. The Labute approximate surface area is 117 Å². The Kier molecular flexibility index (Phi) is 3.34. The number of nitrogens with zero attached hydrogens (tertiary/aromatic N) is 3. The first-order valence-corrected chi connectivity index (χ1v) is 6.27. The maximum atomic E-state index is 5.17. The van der Waals surface area contributed by atoms with Crippen LogP contribution in [0.2, 0.25) is 0 Å². The summed E-state index contributed by atoms with van der Waals surface area (Å²) in [5, 5.41) is 4.11. The smallest absolute Gasteiger partial charge is 0.155 e. The van der Waals surface area contributed by atoms with Crippen molar-refractivity contribution in [3.8, 4) is 17.6 Å². The normalized spacial score (nSPS) is 10.1. The number of methoxy groups -OCH3 is 1. The molecule has 0 unspecified atom stereocenters. The first-order chi connectivity index (χ1) is 9.85. The van der Waals surface area contributed by atoms with Crippen LogP contribution in [0, 0.1) is 11.8 Å². The van der Waals surface area contributed by atoms with Crippen LogP contribution >= 0.6 is 0 Å². The summed E-state index contributed by atoms with van der Waals surface area (Å²) in [4.78, 5) is 4.47. The van der Waals surface area contributed by atoms with Crippen molar-refractivity contribution in [3.63, 3.8) is 0 Å². The molecule has 1 aromatic carbocycles. The van der Waals surface area contributed by atoms with E-state index in [2.05, 4.69) is 21.9 Å². The maximum Gasteiger partial charge on any atom is 0.155 e. The van der Waals surface area contributed by atoms with Gasteiger partial charge in [0.15, 0.2) is 5.65 Å². The fourth-order valence-electron chi connectivity index (χ4n) is 1.89. The van der Waals surface area contributed by atoms with E-state index >= 15 is 0 Å². The molecule has 0 saturated heterocycles. The molecule has 0 fully saturated rings. The van der Waals surface area contributed by atoms with Gasteiger partial charge in [0.2, 0.25) is 0 Å². The van der Waals surface area contributed by atoms with Crippen LogP contribution in [-0.2, 0) is 6.42 Å². The van der Waals surface area contributed by atoms with Gasteiger partial charge in [-0.05, 0) is 24.3 Å². The first-order valence-electron chi connectivity index (χ1n) is 6.27. The lowest BCUT2D eigenvalue weighted by atomic mass is 10.2. The number of fused-ring (bicyclic) bond motifs is 1. The summed E-state index contributed by atoms with van der Waals surface area (Å²) < 4.78 is 6.90. The highest BCUT2D eigenvalue weighted by molar-refractivity contribution is 5.41. The van der Waals surface area contributed by atoms with Gasteiger partial charge in [0.05, 0.1) is 25.4 Å². The lowest BCUT2D eigenvalue weighted by Gasteiger charge is -1.98. The van der Waals surface area contributed by atoms with Crippen molar-refractivity contribution in [2.75, 3.05) is 7.11 Å². The number of ether oxygens (including phenoxy) is 1. The zero-order chi connectivity index (χ0) is 13.8. The second-order valence-corrected chi connectivity index (χ2v) is 4.26. The zero-order valence-electron chi connectivity index (χ0n) is 11.1. The van der Waals surface area contributed by atoms with Gasteiger partial charge < -0.3 is 4.74 Å². The maximum absolute atomic E-state index is 5.17. The Hall–Kier alpha value is -2.80. The van der Waals surface area contributed by atoms with Crippen molar-refractivity contribution in [2.24, 2.45) is 0 Å². The van der Waals surface area contributed by atoms with Crippen molar-refractivity contribution < 1.29 is 4.74 Å². The number of hydrogen-bond acceptors (Lipinski definition) is 3. The van der Waals surface area contributed by atoms with E-state index in [9.17, 15) is 0 Å². The molecule has 0 saturated carbocycles. The van der Waals surface area contributed by atoms with Gasteiger partial charge in [-0.3, -0.25) is 0 Å². The molecule has 20 heavy (non-hydrogen) atoms. The summed E-state index contributed by atoms with van der Waals surface area (Å²) in [6, 6.07) is 11.5. The Bertz CT molecular complexity index is 796. The third kappa shape index (κ3) is 2.62. The summed E-state index contributed by atoms with van der Waals surface area (Å²) in [6.45, 7) is 0. The summed E-state index contributed by atoms with van der Waals surface area (Å²) >= 11 is 0. The molecule has 0 N–H and O–H groups in total. The number of hydrogen-bond donors (Lipinski definition) is 0. The molecule has 98 valence electrons. The Morgan fingerprint density at radius 1 is 1.25 bits per heavy atom. The van der Waals surface area contributed by atoms with Crippen LogP contribution in [0.15, 0.2) is 48.8 Å². The van der Waals surface area contributed by atoms with E-state index in [1.165, 1.54) is 0 Å². The average molecular weight is 263 g/mol. The van der Waals surface area contributed by atoms with Crippen molar-refractivity contribution in [3.05, 3.63) is 60.0 Å². The molecule has 4 nitrogen and oxygen atoms in total.